The van der Waals surface area contributed by atoms with Gasteiger partial charge in [0.25, 0.3) is 0 Å². The minimum absolute atomic E-state index is 0.134. The van der Waals surface area contributed by atoms with E-state index < -0.39 is 10.0 Å². The molecule has 0 saturated heterocycles. The van der Waals surface area contributed by atoms with Crippen molar-refractivity contribution in [3.8, 4) is 0 Å². The number of hydrogen-bond donors (Lipinski definition) is 2. The van der Waals surface area contributed by atoms with Gasteiger partial charge in [-0.3, -0.25) is 4.79 Å². The highest BCUT2D eigenvalue weighted by Crippen LogP contribution is 2.20. The van der Waals surface area contributed by atoms with Crippen molar-refractivity contribution in [3.05, 3.63) is 78.0 Å². The first-order valence-electron chi connectivity index (χ1n) is 8.58. The molecule has 0 aliphatic heterocycles. The smallest absolute Gasteiger partial charge is 0.244 e. The van der Waals surface area contributed by atoms with Gasteiger partial charge >= 0.3 is 0 Å². The topological polar surface area (TPSA) is 80.2 Å². The molecule has 0 atom stereocenters. The van der Waals surface area contributed by atoms with Crippen molar-refractivity contribution in [2.75, 3.05) is 11.9 Å². The van der Waals surface area contributed by atoms with Gasteiger partial charge in [0.1, 0.15) is 6.54 Å². The van der Waals surface area contributed by atoms with E-state index in [9.17, 15) is 13.2 Å². The zero-order valence-corrected chi connectivity index (χ0v) is 16.6. The number of sulfonamides is 1. The van der Waals surface area contributed by atoms with Crippen LogP contribution in [0.4, 0.5) is 5.69 Å². The summed E-state index contributed by atoms with van der Waals surface area (Å²) in [5.74, 6) is -0.323. The van der Waals surface area contributed by atoms with E-state index in [4.69, 9.17) is 11.6 Å². The molecular weight excluding hydrogens is 398 g/mol. The largest absolute Gasteiger partial charge is 0.338 e. The van der Waals surface area contributed by atoms with Crippen LogP contribution in [0.2, 0.25) is 5.02 Å². The van der Waals surface area contributed by atoms with E-state index in [-0.39, 0.29) is 24.7 Å². The Morgan fingerprint density at radius 3 is 2.61 bits per heavy atom. The number of amides is 1. The minimum atomic E-state index is -3.41. The van der Waals surface area contributed by atoms with Crippen LogP contribution in [0, 0.1) is 0 Å². The molecule has 1 heterocycles. The van der Waals surface area contributed by atoms with Gasteiger partial charge in [-0.05, 0) is 41.3 Å². The molecule has 2 N–H and O–H groups in total. The van der Waals surface area contributed by atoms with E-state index in [0.717, 1.165) is 10.9 Å². The van der Waals surface area contributed by atoms with E-state index in [1.54, 1.807) is 24.3 Å². The van der Waals surface area contributed by atoms with Crippen LogP contribution in [0.1, 0.15) is 5.56 Å². The van der Waals surface area contributed by atoms with Gasteiger partial charge in [-0.15, -0.1) is 6.58 Å². The molecule has 1 aromatic heterocycles. The lowest BCUT2D eigenvalue weighted by Gasteiger charge is -2.09. The van der Waals surface area contributed by atoms with E-state index in [2.05, 4.69) is 16.6 Å². The molecular formula is C20H20ClN3O3S. The third kappa shape index (κ3) is 5.22. The highest BCUT2D eigenvalue weighted by atomic mass is 35.5. The fourth-order valence-electron chi connectivity index (χ4n) is 2.79. The Labute approximate surface area is 168 Å². The average molecular weight is 418 g/mol. The molecule has 3 aromatic rings. The van der Waals surface area contributed by atoms with Crippen molar-refractivity contribution in [1.29, 1.82) is 0 Å². The second kappa shape index (κ2) is 8.60. The van der Waals surface area contributed by atoms with Gasteiger partial charge in [0.05, 0.1) is 5.75 Å². The molecule has 0 aliphatic carbocycles. The molecule has 0 bridgehead atoms. The Hall–Kier alpha value is -2.61. The maximum atomic E-state index is 12.4. The van der Waals surface area contributed by atoms with E-state index >= 15 is 0 Å². The summed E-state index contributed by atoms with van der Waals surface area (Å²) in [7, 11) is -3.41. The molecule has 2 aromatic carbocycles. The highest BCUT2D eigenvalue weighted by Gasteiger charge is 2.11. The van der Waals surface area contributed by atoms with Crippen LogP contribution in [0.15, 0.2) is 67.4 Å². The standard InChI is InChI=1S/C20H20ClN3O3S/c1-2-10-22-28(26,27)14-15-3-7-18(8-4-15)23-20(25)13-24-11-9-16-5-6-17(21)12-19(16)24/h2-9,11-12,22H,1,10,13-14H2,(H,23,25). The molecule has 0 spiro atoms. The Bertz CT molecular complexity index is 1110. The Kier molecular flexibility index (Phi) is 6.18. The maximum Gasteiger partial charge on any atom is 0.244 e. The summed E-state index contributed by atoms with van der Waals surface area (Å²) in [5.41, 5.74) is 2.11. The second-order valence-corrected chi connectivity index (χ2v) is 8.53. The number of hydrogen-bond acceptors (Lipinski definition) is 3. The van der Waals surface area contributed by atoms with Gasteiger partial charge in [-0.25, -0.2) is 13.1 Å². The molecule has 146 valence electrons. The molecule has 6 nitrogen and oxygen atoms in total. The molecule has 28 heavy (non-hydrogen) atoms. The first kappa shape index (κ1) is 20.1. The van der Waals surface area contributed by atoms with Gasteiger partial charge in [0, 0.05) is 29.0 Å². The van der Waals surface area contributed by atoms with Crippen molar-refractivity contribution in [2.24, 2.45) is 0 Å². The fraction of sp³-hybridized carbons (Fsp3) is 0.150. The predicted molar refractivity (Wildman–Crippen MR) is 113 cm³/mol. The summed E-state index contributed by atoms with van der Waals surface area (Å²) in [5, 5.41) is 4.43. The number of anilines is 1. The number of benzene rings is 2. The van der Waals surface area contributed by atoms with Crippen molar-refractivity contribution < 1.29 is 13.2 Å². The zero-order valence-electron chi connectivity index (χ0n) is 15.1. The average Bonchev–Trinajstić information content (AvgIpc) is 3.03. The highest BCUT2D eigenvalue weighted by molar-refractivity contribution is 7.88. The summed E-state index contributed by atoms with van der Waals surface area (Å²) >= 11 is 6.04. The third-order valence-electron chi connectivity index (χ3n) is 4.09. The summed E-state index contributed by atoms with van der Waals surface area (Å²) in [4.78, 5) is 12.4. The third-order valence-corrected chi connectivity index (χ3v) is 5.65. The number of nitrogens with zero attached hydrogens (tertiary/aromatic N) is 1. The molecule has 0 aliphatic rings. The maximum absolute atomic E-state index is 12.4. The van der Waals surface area contributed by atoms with Crippen molar-refractivity contribution in [1.82, 2.24) is 9.29 Å². The summed E-state index contributed by atoms with van der Waals surface area (Å²) in [6.07, 6.45) is 3.32. The van der Waals surface area contributed by atoms with Crippen molar-refractivity contribution >= 4 is 44.1 Å². The van der Waals surface area contributed by atoms with Gasteiger partial charge in [0.15, 0.2) is 0 Å². The van der Waals surface area contributed by atoms with Crippen LogP contribution in [0.25, 0.3) is 10.9 Å². The van der Waals surface area contributed by atoms with Gasteiger partial charge in [0.2, 0.25) is 15.9 Å². The van der Waals surface area contributed by atoms with Crippen LogP contribution in [0.3, 0.4) is 0 Å². The fourth-order valence-corrected chi connectivity index (χ4v) is 4.06. The van der Waals surface area contributed by atoms with Crippen LogP contribution in [0.5, 0.6) is 0 Å². The van der Waals surface area contributed by atoms with Crippen LogP contribution >= 0.6 is 11.6 Å². The number of halogens is 1. The summed E-state index contributed by atoms with van der Waals surface area (Å²) in [6, 6.07) is 14.2. The number of carbonyl (C=O) groups excluding carboxylic acids is 1. The lowest BCUT2D eigenvalue weighted by molar-refractivity contribution is -0.116. The second-order valence-electron chi connectivity index (χ2n) is 6.29. The van der Waals surface area contributed by atoms with Gasteiger partial charge < -0.3 is 9.88 Å². The SMILES string of the molecule is C=CCNS(=O)(=O)Cc1ccc(NC(=O)Cn2ccc3ccc(Cl)cc32)cc1. The van der Waals surface area contributed by atoms with Crippen LogP contribution < -0.4 is 10.0 Å². The summed E-state index contributed by atoms with van der Waals surface area (Å²) < 4.78 is 28.0. The van der Waals surface area contributed by atoms with Gasteiger partial charge in [-0.1, -0.05) is 35.9 Å². The molecule has 1 amide bonds. The molecule has 0 fully saturated rings. The van der Waals surface area contributed by atoms with E-state index in [0.29, 0.717) is 16.3 Å². The normalized spacial score (nSPS) is 11.5. The molecule has 0 unspecified atom stereocenters. The van der Waals surface area contributed by atoms with Crippen molar-refractivity contribution in [3.63, 3.8) is 0 Å². The molecule has 0 radical (unpaired) electrons. The summed E-state index contributed by atoms with van der Waals surface area (Å²) in [6.45, 7) is 3.82. The number of aromatic nitrogens is 1. The minimum Gasteiger partial charge on any atom is -0.338 e. The molecule has 8 heteroatoms. The number of nitrogens with one attached hydrogen (secondary N) is 2. The Balaban J connectivity index is 1.62. The van der Waals surface area contributed by atoms with E-state index in [1.165, 1.54) is 6.08 Å². The predicted octanol–water partition coefficient (Wildman–Crippen LogP) is 3.54. The monoisotopic (exact) mass is 417 g/mol. The lowest BCUT2D eigenvalue weighted by Crippen LogP contribution is -2.25. The molecule has 0 saturated carbocycles. The van der Waals surface area contributed by atoms with E-state index in [1.807, 2.05) is 35.0 Å². The number of rotatable bonds is 8. The van der Waals surface area contributed by atoms with Crippen LogP contribution in [-0.4, -0.2) is 25.4 Å². The Morgan fingerprint density at radius 2 is 1.89 bits per heavy atom. The Morgan fingerprint density at radius 1 is 1.14 bits per heavy atom. The van der Waals surface area contributed by atoms with Crippen molar-refractivity contribution in [2.45, 2.75) is 12.3 Å². The number of carbonyl (C=O) groups is 1. The first-order chi connectivity index (χ1) is 13.4. The molecule has 3 rings (SSSR count). The first-order valence-corrected chi connectivity index (χ1v) is 10.6. The zero-order chi connectivity index (χ0) is 20.1. The lowest BCUT2D eigenvalue weighted by atomic mass is 10.2. The number of fused-ring (bicyclic) bond motifs is 1. The van der Waals surface area contributed by atoms with Gasteiger partial charge in [-0.2, -0.15) is 0 Å². The van der Waals surface area contributed by atoms with Crippen LogP contribution in [-0.2, 0) is 27.1 Å². The quantitative estimate of drug-likeness (QED) is 0.550.